The Bertz CT molecular complexity index is 3240. The van der Waals surface area contributed by atoms with E-state index in [9.17, 15) is 0 Å². The minimum absolute atomic E-state index is 1.27. The Morgan fingerprint density at radius 2 is 0.766 bits per heavy atom. The predicted molar refractivity (Wildman–Crippen MR) is 205 cm³/mol. The second kappa shape index (κ2) is 8.23. The molecule has 214 valence electrons. The number of fused-ring (bicyclic) bond motifs is 10. The van der Waals surface area contributed by atoms with Crippen molar-refractivity contribution < 1.29 is 0 Å². The highest BCUT2D eigenvalue weighted by Gasteiger charge is 2.27. The van der Waals surface area contributed by atoms with Crippen molar-refractivity contribution in [3.8, 4) is 11.1 Å². The number of aryl methyl sites for hydroxylation is 1. The first-order chi connectivity index (χ1) is 23.3. The molecule has 0 saturated heterocycles. The zero-order valence-electron chi connectivity index (χ0n) is 25.8. The fourth-order valence-corrected chi connectivity index (χ4v) is 9.62. The molecule has 0 saturated carbocycles. The lowest BCUT2D eigenvalue weighted by molar-refractivity contribution is 1.55. The van der Waals surface area contributed by atoms with E-state index in [1.807, 2.05) is 0 Å². The van der Waals surface area contributed by atoms with E-state index in [0.717, 1.165) is 0 Å². The molecule has 0 radical (unpaired) electrons. The maximum absolute atomic E-state index is 2.55. The van der Waals surface area contributed by atoms with Crippen LogP contribution in [0.4, 0.5) is 0 Å². The molecule has 0 fully saturated rings. The van der Waals surface area contributed by atoms with Crippen molar-refractivity contribution in [1.82, 2.24) is 0 Å². The first kappa shape index (κ1) is 24.3. The van der Waals surface area contributed by atoms with E-state index < -0.39 is 0 Å². The average molecular weight is 591 g/mol. The van der Waals surface area contributed by atoms with Crippen molar-refractivity contribution in [2.24, 2.45) is 0 Å². The summed E-state index contributed by atoms with van der Waals surface area (Å²) in [7, 11) is 0. The quantitative estimate of drug-likeness (QED) is 0.132. The van der Waals surface area contributed by atoms with Crippen LogP contribution in [0.2, 0.25) is 0 Å². The lowest BCUT2D eigenvalue weighted by Crippen LogP contribution is -1.92. The maximum atomic E-state index is 2.55. The summed E-state index contributed by atoms with van der Waals surface area (Å²) in [5.41, 5.74) is 3.94. The highest BCUT2D eigenvalue weighted by atomic mass is 14.3. The normalized spacial score (nSPS) is 12.8. The van der Waals surface area contributed by atoms with Gasteiger partial charge < -0.3 is 0 Å². The Morgan fingerprint density at radius 3 is 1.49 bits per heavy atom. The number of hydrogen-bond acceptors (Lipinski definition) is 0. The molecule has 0 nitrogen and oxygen atoms in total. The van der Waals surface area contributed by atoms with Crippen molar-refractivity contribution in [2.75, 3.05) is 0 Å². The molecule has 0 heterocycles. The second-order valence-electron chi connectivity index (χ2n) is 13.5. The predicted octanol–water partition coefficient (Wildman–Crippen LogP) is 13.5. The molecular formula is C47H26. The van der Waals surface area contributed by atoms with Gasteiger partial charge in [-0.3, -0.25) is 0 Å². The summed E-state index contributed by atoms with van der Waals surface area (Å²) < 4.78 is 0. The van der Waals surface area contributed by atoms with Gasteiger partial charge in [0.05, 0.1) is 0 Å². The van der Waals surface area contributed by atoms with Crippen LogP contribution in [0.1, 0.15) is 5.56 Å². The molecule has 0 aliphatic heterocycles. The van der Waals surface area contributed by atoms with Gasteiger partial charge in [0.1, 0.15) is 0 Å². The Balaban J connectivity index is 1.56. The van der Waals surface area contributed by atoms with E-state index in [1.54, 1.807) is 0 Å². The molecule has 0 aromatic heterocycles. The van der Waals surface area contributed by atoms with Crippen LogP contribution >= 0.6 is 0 Å². The van der Waals surface area contributed by atoms with E-state index >= 15 is 0 Å². The van der Waals surface area contributed by atoms with Gasteiger partial charge in [0.2, 0.25) is 0 Å². The zero-order valence-corrected chi connectivity index (χ0v) is 25.8. The van der Waals surface area contributed by atoms with Crippen molar-refractivity contribution in [3.05, 3.63) is 145 Å². The van der Waals surface area contributed by atoms with E-state index in [1.165, 1.54) is 124 Å². The topological polar surface area (TPSA) is 0 Å². The van der Waals surface area contributed by atoms with Gasteiger partial charge in [-0.1, -0.05) is 133 Å². The minimum Gasteiger partial charge on any atom is -0.0622 e. The van der Waals surface area contributed by atoms with Gasteiger partial charge in [-0.05, 0) is 137 Å². The molecule has 0 heteroatoms. The van der Waals surface area contributed by atoms with Gasteiger partial charge >= 0.3 is 0 Å². The van der Waals surface area contributed by atoms with Crippen LogP contribution in [0.25, 0.3) is 119 Å². The van der Waals surface area contributed by atoms with E-state index in [2.05, 4.69) is 146 Å². The molecule has 0 atom stereocenters. The third-order valence-electron chi connectivity index (χ3n) is 11.4. The summed E-state index contributed by atoms with van der Waals surface area (Å²) in [6.45, 7) is 2.26. The van der Waals surface area contributed by atoms with Crippen molar-refractivity contribution >= 4 is 108 Å². The van der Waals surface area contributed by atoms with Crippen LogP contribution in [0, 0.1) is 6.92 Å². The van der Waals surface area contributed by atoms with Gasteiger partial charge in [-0.25, -0.2) is 0 Å². The second-order valence-corrected chi connectivity index (χ2v) is 13.5. The van der Waals surface area contributed by atoms with Gasteiger partial charge in [-0.2, -0.15) is 0 Å². The van der Waals surface area contributed by atoms with E-state index in [-0.39, 0.29) is 0 Å². The summed E-state index contributed by atoms with van der Waals surface area (Å²) in [6, 6.07) is 52.9. The molecular weight excluding hydrogens is 565 g/mol. The fraction of sp³-hybridized carbons (Fsp3) is 0.0213. The van der Waals surface area contributed by atoms with Gasteiger partial charge in [0.25, 0.3) is 0 Å². The zero-order chi connectivity index (χ0) is 30.5. The van der Waals surface area contributed by atoms with E-state index in [0.29, 0.717) is 0 Å². The Kier molecular flexibility index (Phi) is 4.25. The number of hydrogen-bond donors (Lipinski definition) is 0. The monoisotopic (exact) mass is 590 g/mol. The van der Waals surface area contributed by atoms with Gasteiger partial charge in [0, 0.05) is 0 Å². The van der Waals surface area contributed by atoms with Crippen LogP contribution in [-0.2, 0) is 0 Å². The van der Waals surface area contributed by atoms with Gasteiger partial charge in [0.15, 0.2) is 0 Å². The minimum atomic E-state index is 1.27. The molecule has 12 aromatic rings. The lowest BCUT2D eigenvalue weighted by Gasteiger charge is -2.21. The van der Waals surface area contributed by atoms with Crippen molar-refractivity contribution in [1.29, 1.82) is 0 Å². The molecule has 0 aliphatic carbocycles. The van der Waals surface area contributed by atoms with Gasteiger partial charge in [-0.15, -0.1) is 0 Å². The van der Waals surface area contributed by atoms with Crippen LogP contribution in [0.15, 0.2) is 140 Å². The average Bonchev–Trinajstić information content (AvgIpc) is 3.63. The van der Waals surface area contributed by atoms with Crippen LogP contribution in [-0.4, -0.2) is 0 Å². The molecule has 0 bridgehead atoms. The Labute approximate surface area is 270 Å². The largest absolute Gasteiger partial charge is 0.0622 e. The highest BCUT2D eigenvalue weighted by Crippen LogP contribution is 2.56. The number of rotatable bonds is 1. The molecule has 12 rings (SSSR count). The summed E-state index contributed by atoms with van der Waals surface area (Å²) in [6.07, 6.45) is 0. The van der Waals surface area contributed by atoms with Crippen LogP contribution in [0.5, 0.6) is 0 Å². The smallest absolute Gasteiger partial charge is 0.000673 e. The maximum Gasteiger partial charge on any atom is -0.000673 e. The Morgan fingerprint density at radius 1 is 0.277 bits per heavy atom. The summed E-state index contributed by atoms with van der Waals surface area (Å²) >= 11 is 0. The molecule has 0 spiro atoms. The third-order valence-corrected chi connectivity index (χ3v) is 11.4. The number of benzene rings is 10. The first-order valence-corrected chi connectivity index (χ1v) is 16.6. The van der Waals surface area contributed by atoms with Crippen LogP contribution in [0.3, 0.4) is 0 Å². The lowest BCUT2D eigenvalue weighted by atomic mass is 9.81. The van der Waals surface area contributed by atoms with Crippen molar-refractivity contribution in [3.63, 3.8) is 0 Å². The van der Waals surface area contributed by atoms with Crippen molar-refractivity contribution in [2.45, 2.75) is 6.92 Å². The standard InChI is InChI=1S/C47H26/c1-25-22-23-35-41-29(25)16-9-21-34(41)44-42-31-18-6-13-26-12-5-17-30(38(26)31)36(42)24-37-40(28-10-3-2-4-11-28)43-32-19-7-14-27-15-8-20-33(39(27)32)45(43)46(35)47(37)44/h2-24H,1H3. The third kappa shape index (κ3) is 2.75. The fourth-order valence-electron chi connectivity index (χ4n) is 9.62. The summed E-state index contributed by atoms with van der Waals surface area (Å²) in [5, 5.41) is 27.2. The SMILES string of the molecule is Cc1ccc2c3c1cccc3c1c3c(cc4c(-c5ccccc5)c5c6cccc7cccc(c76)c5c2c41)c1cccc2cccc3c21. The molecule has 12 aromatic carbocycles. The Hall–Kier alpha value is -5.98. The molecule has 0 N–H and O–H groups in total. The molecule has 0 aliphatic rings. The summed E-state index contributed by atoms with van der Waals surface area (Å²) in [5.74, 6) is 0. The molecule has 0 amide bonds. The molecule has 0 unspecified atom stereocenters. The van der Waals surface area contributed by atoms with Crippen LogP contribution < -0.4 is 0 Å². The summed E-state index contributed by atoms with van der Waals surface area (Å²) in [4.78, 5) is 0. The van der Waals surface area contributed by atoms with E-state index in [4.69, 9.17) is 0 Å². The first-order valence-electron chi connectivity index (χ1n) is 16.6. The molecule has 47 heavy (non-hydrogen) atoms. The highest BCUT2D eigenvalue weighted by molar-refractivity contribution is 6.52.